The molecule has 0 atom stereocenters. The van der Waals surface area contributed by atoms with Crippen LogP contribution in [0, 0.1) is 5.41 Å². The van der Waals surface area contributed by atoms with Gasteiger partial charge in [-0.1, -0.05) is 47.5 Å². The molecule has 4 rings (SSSR count). The van der Waals surface area contributed by atoms with Crippen molar-refractivity contribution in [2.24, 2.45) is 0 Å². The van der Waals surface area contributed by atoms with Crippen molar-refractivity contribution in [2.45, 2.75) is 25.9 Å². The van der Waals surface area contributed by atoms with Gasteiger partial charge in [0, 0.05) is 36.3 Å². The van der Waals surface area contributed by atoms with Crippen LogP contribution in [0.4, 0.5) is 0 Å². The first-order valence-corrected chi connectivity index (χ1v) is 12.6. The van der Waals surface area contributed by atoms with Gasteiger partial charge in [0.1, 0.15) is 5.75 Å². The molecule has 0 saturated heterocycles. The fourth-order valence-corrected chi connectivity index (χ4v) is 4.74. The Morgan fingerprint density at radius 3 is 2.43 bits per heavy atom. The van der Waals surface area contributed by atoms with Crippen molar-refractivity contribution in [2.75, 3.05) is 20.7 Å². The van der Waals surface area contributed by atoms with E-state index in [0.717, 1.165) is 5.56 Å². The molecule has 0 aliphatic heterocycles. The maximum atomic E-state index is 12.9. The van der Waals surface area contributed by atoms with Gasteiger partial charge in [0.05, 0.1) is 36.1 Å². The number of likely N-dealkylation sites (N-methyl/N-ethyl adjacent to an activating group) is 1. The van der Waals surface area contributed by atoms with E-state index in [1.165, 1.54) is 0 Å². The maximum Gasteiger partial charge on any atom is 0.226 e. The number of nitrogens with zero attached hydrogens (tertiary/aromatic N) is 3. The fraction of sp³-hybridized carbons (Fsp3) is 0.250. The normalized spacial score (nSPS) is 11.0. The molecule has 4 aromatic rings. The summed E-state index contributed by atoms with van der Waals surface area (Å²) < 4.78 is 8.81. The third-order valence-electron chi connectivity index (χ3n) is 6.34. The first kappa shape index (κ1) is 26.5. The van der Waals surface area contributed by atoms with Gasteiger partial charge in [-0.2, -0.15) is 0 Å². The van der Waals surface area contributed by atoms with Crippen LogP contribution in [0.25, 0.3) is 11.0 Å². The Morgan fingerprint density at radius 2 is 1.70 bits per heavy atom. The second kappa shape index (κ2) is 11.7. The van der Waals surface area contributed by atoms with Gasteiger partial charge < -0.3 is 18.8 Å². The highest BCUT2D eigenvalue weighted by molar-refractivity contribution is 6.35. The number of aryl methyl sites for hydroxylation is 1. The number of ketones is 1. The summed E-state index contributed by atoms with van der Waals surface area (Å²) in [6.45, 7) is 0.969. The number of halogens is 2. The number of Topliss-reactive ketones (excluding diaryl/α,β-unsaturated/α-hetero) is 1. The number of methoxy groups -OCH3 is 1. The van der Waals surface area contributed by atoms with Gasteiger partial charge in [0.2, 0.25) is 11.5 Å². The van der Waals surface area contributed by atoms with Gasteiger partial charge in [0.25, 0.3) is 0 Å². The molecule has 0 spiro atoms. The lowest BCUT2D eigenvalue weighted by Crippen LogP contribution is -2.31. The molecule has 1 N–H and O–H groups in total. The van der Waals surface area contributed by atoms with E-state index in [1.807, 2.05) is 36.4 Å². The van der Waals surface area contributed by atoms with Crippen LogP contribution in [-0.4, -0.2) is 46.4 Å². The van der Waals surface area contributed by atoms with Crippen LogP contribution in [0.15, 0.2) is 66.7 Å². The zero-order valence-corrected chi connectivity index (χ0v) is 22.2. The Labute approximate surface area is 225 Å². The number of rotatable bonds is 10. The predicted octanol–water partition coefficient (Wildman–Crippen LogP) is 5.21. The number of benzene rings is 3. The third kappa shape index (κ3) is 5.89. The van der Waals surface area contributed by atoms with Crippen molar-refractivity contribution in [3.8, 4) is 5.75 Å². The van der Waals surface area contributed by atoms with E-state index in [1.54, 1.807) is 58.5 Å². The van der Waals surface area contributed by atoms with E-state index in [2.05, 4.69) is 0 Å². The number of amides is 1. The van der Waals surface area contributed by atoms with Crippen LogP contribution in [0.2, 0.25) is 10.0 Å². The summed E-state index contributed by atoms with van der Waals surface area (Å²) in [6, 6.07) is 19.6. The average molecular weight is 539 g/mol. The van der Waals surface area contributed by atoms with Crippen molar-refractivity contribution in [3.05, 3.63) is 93.5 Å². The maximum absolute atomic E-state index is 12.9. The Morgan fingerprint density at radius 1 is 0.973 bits per heavy atom. The molecule has 1 heterocycles. The number of aromatic nitrogens is 2. The number of carbonyl (C=O) groups is 2. The van der Waals surface area contributed by atoms with Crippen molar-refractivity contribution >= 4 is 45.9 Å². The van der Waals surface area contributed by atoms with Gasteiger partial charge >= 0.3 is 0 Å². The largest absolute Gasteiger partial charge is 0.496 e. The van der Waals surface area contributed by atoms with Crippen molar-refractivity contribution in [1.82, 2.24) is 14.0 Å². The SMILES string of the molecule is COc1ccccc1CC(=O)N(C)CCCn1c(=N)n(CC(=O)c2ccc(Cl)cc2)c2cccc(Cl)c21. The highest BCUT2D eigenvalue weighted by Crippen LogP contribution is 2.24. The van der Waals surface area contributed by atoms with E-state index in [-0.39, 0.29) is 30.3 Å². The van der Waals surface area contributed by atoms with Crippen molar-refractivity contribution in [3.63, 3.8) is 0 Å². The number of nitrogens with one attached hydrogen (secondary N) is 1. The van der Waals surface area contributed by atoms with E-state index < -0.39 is 0 Å². The summed E-state index contributed by atoms with van der Waals surface area (Å²) >= 11 is 12.5. The monoisotopic (exact) mass is 538 g/mol. The zero-order chi connectivity index (χ0) is 26.5. The van der Waals surface area contributed by atoms with Crippen LogP contribution >= 0.6 is 23.2 Å². The molecule has 192 valence electrons. The van der Waals surface area contributed by atoms with Crippen LogP contribution in [-0.2, 0) is 24.3 Å². The molecule has 0 radical (unpaired) electrons. The topological polar surface area (TPSA) is 80.3 Å². The van der Waals surface area contributed by atoms with Crippen LogP contribution in [0.1, 0.15) is 22.3 Å². The second-order valence-corrected chi connectivity index (χ2v) is 9.60. The minimum absolute atomic E-state index is 0.00159. The minimum Gasteiger partial charge on any atom is -0.496 e. The number of carbonyl (C=O) groups excluding carboxylic acids is 2. The molecule has 3 aromatic carbocycles. The summed E-state index contributed by atoms with van der Waals surface area (Å²) in [6.07, 6.45) is 0.857. The minimum atomic E-state index is -0.129. The highest BCUT2D eigenvalue weighted by atomic mass is 35.5. The summed E-state index contributed by atoms with van der Waals surface area (Å²) in [5.41, 5.74) is 2.94. The molecule has 37 heavy (non-hydrogen) atoms. The third-order valence-corrected chi connectivity index (χ3v) is 6.90. The Balaban J connectivity index is 1.49. The number of fused-ring (bicyclic) bond motifs is 1. The summed E-state index contributed by atoms with van der Waals surface area (Å²) in [5.74, 6) is 0.541. The molecular formula is C28H28Cl2N4O3. The van der Waals surface area contributed by atoms with Gasteiger partial charge in [-0.25, -0.2) is 0 Å². The van der Waals surface area contributed by atoms with Crippen LogP contribution in [0.3, 0.4) is 0 Å². The summed E-state index contributed by atoms with van der Waals surface area (Å²) in [5, 5.41) is 9.88. The fourth-order valence-electron chi connectivity index (χ4n) is 4.34. The Kier molecular flexibility index (Phi) is 8.36. The molecule has 0 saturated carbocycles. The lowest BCUT2D eigenvalue weighted by atomic mass is 10.1. The zero-order valence-electron chi connectivity index (χ0n) is 20.7. The number of imidazole rings is 1. The number of para-hydroxylation sites is 2. The molecule has 0 unspecified atom stereocenters. The molecule has 1 aromatic heterocycles. The summed E-state index contributed by atoms with van der Waals surface area (Å²) in [4.78, 5) is 27.4. The molecule has 0 aliphatic rings. The first-order valence-electron chi connectivity index (χ1n) is 11.9. The molecule has 9 heteroatoms. The quantitative estimate of drug-likeness (QED) is 0.281. The van der Waals surface area contributed by atoms with Crippen molar-refractivity contribution < 1.29 is 14.3 Å². The Hall–Kier alpha value is -3.55. The van der Waals surface area contributed by atoms with Gasteiger partial charge in [-0.05, 0) is 48.9 Å². The number of ether oxygens (including phenoxy) is 1. The van der Waals surface area contributed by atoms with E-state index in [4.69, 9.17) is 33.3 Å². The van der Waals surface area contributed by atoms with Gasteiger partial charge in [-0.15, -0.1) is 0 Å². The average Bonchev–Trinajstić information content (AvgIpc) is 3.16. The molecular weight excluding hydrogens is 511 g/mol. The van der Waals surface area contributed by atoms with Gasteiger partial charge in [0.15, 0.2) is 5.78 Å². The molecule has 7 nitrogen and oxygen atoms in total. The van der Waals surface area contributed by atoms with E-state index in [9.17, 15) is 9.59 Å². The van der Waals surface area contributed by atoms with Crippen LogP contribution < -0.4 is 10.4 Å². The van der Waals surface area contributed by atoms with E-state index >= 15 is 0 Å². The Bertz CT molecular complexity index is 1490. The molecule has 0 bridgehead atoms. The first-order chi connectivity index (χ1) is 17.8. The lowest BCUT2D eigenvalue weighted by molar-refractivity contribution is -0.129. The smallest absolute Gasteiger partial charge is 0.226 e. The second-order valence-electron chi connectivity index (χ2n) is 8.76. The van der Waals surface area contributed by atoms with Crippen molar-refractivity contribution in [1.29, 1.82) is 5.41 Å². The number of hydrogen-bond acceptors (Lipinski definition) is 4. The molecule has 1 amide bonds. The number of hydrogen-bond donors (Lipinski definition) is 1. The predicted molar refractivity (Wildman–Crippen MR) is 146 cm³/mol. The molecule has 0 fully saturated rings. The van der Waals surface area contributed by atoms with Gasteiger partial charge in [-0.3, -0.25) is 15.0 Å². The van der Waals surface area contributed by atoms with Crippen LogP contribution in [0.5, 0.6) is 5.75 Å². The standard InChI is InChI=1S/C28H28Cl2N4O3/c1-32(26(36)17-20-7-3-4-10-25(20)37-2)15-6-16-33-27-22(30)8-5-9-23(27)34(28(33)31)18-24(35)19-11-13-21(29)14-12-19/h3-5,7-14,31H,6,15-18H2,1-2H3. The van der Waals surface area contributed by atoms with E-state index in [0.29, 0.717) is 51.9 Å². The highest BCUT2D eigenvalue weighted by Gasteiger charge is 2.18. The lowest BCUT2D eigenvalue weighted by Gasteiger charge is -2.18. The summed E-state index contributed by atoms with van der Waals surface area (Å²) in [7, 11) is 3.36. The molecule has 0 aliphatic carbocycles.